The van der Waals surface area contributed by atoms with Gasteiger partial charge in [-0.05, 0) is 30.2 Å². The highest BCUT2D eigenvalue weighted by atomic mass is 35.5. The minimum atomic E-state index is -3.94. The van der Waals surface area contributed by atoms with Gasteiger partial charge in [0.05, 0.1) is 5.02 Å². The molecule has 2 N–H and O–H groups in total. The Bertz CT molecular complexity index is 738. The Morgan fingerprint density at radius 2 is 1.86 bits per heavy atom. The van der Waals surface area contributed by atoms with E-state index in [1.807, 2.05) is 6.07 Å². The first-order valence-corrected chi connectivity index (χ1v) is 8.43. The largest absolute Gasteiger partial charge is 0.396 e. The number of hydrogen-bond acceptors (Lipinski definition) is 3. The van der Waals surface area contributed by atoms with Gasteiger partial charge in [0.2, 0.25) is 10.0 Å². The standard InChI is InChI=1S/C15H15ClFNO3S/c16-13-10-12(17)6-7-15(13)22(20,21)18-14(8-9-19)11-4-2-1-3-5-11/h1-7,10,14,18-19H,8-9H2/t14-/m1/s1. The zero-order valence-corrected chi connectivity index (χ0v) is 13.1. The zero-order chi connectivity index (χ0) is 16.2. The molecule has 0 aliphatic rings. The maximum Gasteiger partial charge on any atom is 0.242 e. The molecule has 0 aromatic heterocycles. The van der Waals surface area contributed by atoms with E-state index in [1.165, 1.54) is 0 Å². The summed E-state index contributed by atoms with van der Waals surface area (Å²) < 4.78 is 40.4. The van der Waals surface area contributed by atoms with Crippen molar-refractivity contribution in [2.24, 2.45) is 0 Å². The smallest absolute Gasteiger partial charge is 0.242 e. The van der Waals surface area contributed by atoms with E-state index in [0.29, 0.717) is 0 Å². The minimum absolute atomic E-state index is 0.181. The number of aliphatic hydroxyl groups is 1. The Kier molecular flexibility index (Phi) is 5.52. The fourth-order valence-electron chi connectivity index (χ4n) is 2.05. The van der Waals surface area contributed by atoms with Crippen LogP contribution >= 0.6 is 11.6 Å². The fraction of sp³-hybridized carbons (Fsp3) is 0.200. The van der Waals surface area contributed by atoms with Crippen molar-refractivity contribution >= 4 is 21.6 Å². The molecule has 0 bridgehead atoms. The van der Waals surface area contributed by atoms with Crippen LogP contribution in [-0.4, -0.2) is 20.1 Å². The Morgan fingerprint density at radius 1 is 1.18 bits per heavy atom. The van der Waals surface area contributed by atoms with Crippen molar-refractivity contribution in [1.82, 2.24) is 4.72 Å². The van der Waals surface area contributed by atoms with Crippen molar-refractivity contribution in [2.45, 2.75) is 17.4 Å². The first kappa shape index (κ1) is 16.9. The van der Waals surface area contributed by atoms with E-state index in [1.54, 1.807) is 24.3 Å². The molecule has 0 aliphatic carbocycles. The Hall–Kier alpha value is -1.47. The summed E-state index contributed by atoms with van der Waals surface area (Å²) in [5.74, 6) is -0.612. The van der Waals surface area contributed by atoms with Crippen LogP contribution in [0.4, 0.5) is 4.39 Å². The summed E-state index contributed by atoms with van der Waals surface area (Å²) in [6, 6.07) is 11.4. The number of halogens is 2. The summed E-state index contributed by atoms with van der Waals surface area (Å²) in [5.41, 5.74) is 0.721. The highest BCUT2D eigenvalue weighted by molar-refractivity contribution is 7.89. The Morgan fingerprint density at radius 3 is 2.45 bits per heavy atom. The lowest BCUT2D eigenvalue weighted by molar-refractivity contribution is 0.272. The quantitative estimate of drug-likeness (QED) is 0.847. The number of aliphatic hydroxyl groups excluding tert-OH is 1. The van der Waals surface area contributed by atoms with E-state index < -0.39 is 21.9 Å². The Balaban J connectivity index is 2.32. The van der Waals surface area contributed by atoms with E-state index >= 15 is 0 Å². The molecule has 22 heavy (non-hydrogen) atoms. The second-order valence-electron chi connectivity index (χ2n) is 4.67. The third kappa shape index (κ3) is 4.04. The van der Waals surface area contributed by atoms with Crippen LogP contribution in [0, 0.1) is 5.82 Å². The molecule has 0 heterocycles. The monoisotopic (exact) mass is 343 g/mol. The van der Waals surface area contributed by atoms with E-state index in [-0.39, 0.29) is 22.9 Å². The van der Waals surface area contributed by atoms with Gasteiger partial charge in [0.25, 0.3) is 0 Å². The first-order valence-electron chi connectivity index (χ1n) is 6.57. The van der Waals surface area contributed by atoms with Crippen LogP contribution in [-0.2, 0) is 10.0 Å². The van der Waals surface area contributed by atoms with Crippen LogP contribution in [0.25, 0.3) is 0 Å². The summed E-state index contributed by atoms with van der Waals surface area (Å²) in [6.45, 7) is -0.181. The maximum absolute atomic E-state index is 13.1. The molecule has 0 fully saturated rings. The van der Waals surface area contributed by atoms with E-state index in [0.717, 1.165) is 23.8 Å². The first-order chi connectivity index (χ1) is 10.4. The second kappa shape index (κ2) is 7.19. The number of nitrogens with one attached hydrogen (secondary N) is 1. The minimum Gasteiger partial charge on any atom is -0.396 e. The summed E-state index contributed by atoms with van der Waals surface area (Å²) in [7, 11) is -3.94. The van der Waals surface area contributed by atoms with Crippen LogP contribution in [0.2, 0.25) is 5.02 Å². The zero-order valence-electron chi connectivity index (χ0n) is 11.5. The average Bonchev–Trinajstić information content (AvgIpc) is 2.47. The van der Waals surface area contributed by atoms with Crippen LogP contribution in [0.15, 0.2) is 53.4 Å². The van der Waals surface area contributed by atoms with Gasteiger partial charge in [0.1, 0.15) is 10.7 Å². The van der Waals surface area contributed by atoms with Gasteiger partial charge in [0, 0.05) is 12.6 Å². The average molecular weight is 344 g/mol. The highest BCUT2D eigenvalue weighted by Gasteiger charge is 2.23. The number of sulfonamides is 1. The van der Waals surface area contributed by atoms with Gasteiger partial charge in [-0.3, -0.25) is 0 Å². The molecule has 7 heteroatoms. The summed E-state index contributed by atoms with van der Waals surface area (Å²) >= 11 is 5.81. The molecule has 0 unspecified atom stereocenters. The van der Waals surface area contributed by atoms with Crippen LogP contribution < -0.4 is 4.72 Å². The summed E-state index contributed by atoms with van der Waals surface area (Å²) in [6.07, 6.45) is 0.210. The number of rotatable bonds is 6. The fourth-order valence-corrected chi connectivity index (χ4v) is 3.84. The molecule has 4 nitrogen and oxygen atoms in total. The van der Waals surface area contributed by atoms with Crippen LogP contribution in [0.5, 0.6) is 0 Å². The summed E-state index contributed by atoms with van der Waals surface area (Å²) in [5, 5.41) is 8.95. The molecule has 0 spiro atoms. The molecule has 0 aliphatic heterocycles. The lowest BCUT2D eigenvalue weighted by Gasteiger charge is -2.18. The van der Waals surface area contributed by atoms with Crippen molar-refractivity contribution < 1.29 is 17.9 Å². The highest BCUT2D eigenvalue weighted by Crippen LogP contribution is 2.25. The number of benzene rings is 2. The van der Waals surface area contributed by atoms with Crippen LogP contribution in [0.3, 0.4) is 0 Å². The van der Waals surface area contributed by atoms with Gasteiger partial charge >= 0.3 is 0 Å². The molecular weight excluding hydrogens is 329 g/mol. The molecule has 1 atom stereocenters. The predicted octanol–water partition coefficient (Wildman–Crippen LogP) is 2.88. The molecule has 0 saturated heterocycles. The second-order valence-corrected chi connectivity index (χ2v) is 6.76. The Labute approximate surface area is 133 Å². The molecular formula is C15H15ClFNO3S. The molecule has 2 rings (SSSR count). The third-order valence-electron chi connectivity index (χ3n) is 3.10. The third-order valence-corrected chi connectivity index (χ3v) is 5.06. The predicted molar refractivity (Wildman–Crippen MR) is 82.6 cm³/mol. The van der Waals surface area contributed by atoms with Crippen molar-refractivity contribution in [3.63, 3.8) is 0 Å². The molecule has 0 saturated carbocycles. The molecule has 118 valence electrons. The van der Waals surface area contributed by atoms with Gasteiger partial charge in [-0.25, -0.2) is 17.5 Å². The van der Waals surface area contributed by atoms with Crippen LogP contribution in [0.1, 0.15) is 18.0 Å². The molecule has 2 aromatic rings. The SMILES string of the molecule is O=S(=O)(N[C@H](CCO)c1ccccc1)c1ccc(F)cc1Cl. The summed E-state index contributed by atoms with van der Waals surface area (Å²) in [4.78, 5) is -0.200. The maximum atomic E-state index is 13.1. The lowest BCUT2D eigenvalue weighted by atomic mass is 10.1. The number of hydrogen-bond donors (Lipinski definition) is 2. The van der Waals surface area contributed by atoms with Gasteiger partial charge in [-0.15, -0.1) is 0 Å². The van der Waals surface area contributed by atoms with Crippen molar-refractivity contribution in [3.05, 3.63) is 64.9 Å². The van der Waals surface area contributed by atoms with Crippen molar-refractivity contribution in [1.29, 1.82) is 0 Å². The van der Waals surface area contributed by atoms with Crippen molar-refractivity contribution in [3.8, 4) is 0 Å². The van der Waals surface area contributed by atoms with Gasteiger partial charge in [-0.1, -0.05) is 41.9 Å². The molecule has 2 aromatic carbocycles. The normalized spacial score (nSPS) is 13.0. The van der Waals surface area contributed by atoms with Gasteiger partial charge < -0.3 is 5.11 Å². The lowest BCUT2D eigenvalue weighted by Crippen LogP contribution is -2.29. The van der Waals surface area contributed by atoms with Crippen molar-refractivity contribution in [2.75, 3.05) is 6.61 Å². The van der Waals surface area contributed by atoms with E-state index in [4.69, 9.17) is 16.7 Å². The molecule has 0 radical (unpaired) electrons. The van der Waals surface area contributed by atoms with Gasteiger partial charge in [-0.2, -0.15) is 0 Å². The van der Waals surface area contributed by atoms with Gasteiger partial charge in [0.15, 0.2) is 0 Å². The molecule has 0 amide bonds. The van der Waals surface area contributed by atoms with E-state index in [9.17, 15) is 12.8 Å². The topological polar surface area (TPSA) is 66.4 Å². The van der Waals surface area contributed by atoms with E-state index in [2.05, 4.69) is 4.72 Å².